The van der Waals surface area contributed by atoms with E-state index in [1.54, 1.807) is 0 Å². The van der Waals surface area contributed by atoms with Crippen LogP contribution in [0.15, 0.2) is 24.3 Å². The van der Waals surface area contributed by atoms with Crippen LogP contribution in [0.5, 0.6) is 5.75 Å². The molecule has 16 heavy (non-hydrogen) atoms. The molecule has 2 nitrogen and oxygen atoms in total. The van der Waals surface area contributed by atoms with E-state index in [0.717, 1.165) is 31.1 Å². The Bertz CT molecular complexity index is 380. The Morgan fingerprint density at radius 2 is 2.12 bits per heavy atom. The minimum absolute atomic E-state index is 0.0705. The summed E-state index contributed by atoms with van der Waals surface area (Å²) in [5.74, 6) is 1.79. The number of ether oxygens (including phenoxy) is 1. The molecule has 2 fully saturated rings. The summed E-state index contributed by atoms with van der Waals surface area (Å²) in [6.07, 6.45) is 6.14. The molecule has 1 aromatic carbocycles. The lowest BCUT2D eigenvalue weighted by Gasteiger charge is -2.38. The summed E-state index contributed by atoms with van der Waals surface area (Å²) in [5, 5.41) is 0. The van der Waals surface area contributed by atoms with Gasteiger partial charge in [0.05, 0.1) is 6.61 Å². The second kappa shape index (κ2) is 3.77. The third-order valence-electron chi connectivity index (χ3n) is 3.84. The largest absolute Gasteiger partial charge is 0.493 e. The van der Waals surface area contributed by atoms with Crippen LogP contribution in [0.3, 0.4) is 0 Å². The highest BCUT2D eigenvalue weighted by Crippen LogP contribution is 2.39. The number of nitrogens with two attached hydrogens (primary N) is 1. The SMILES string of the molecule is NC1(c2cccc(OCC3CC3)c2)CCC1. The summed E-state index contributed by atoms with van der Waals surface area (Å²) in [7, 11) is 0. The van der Waals surface area contributed by atoms with Crippen LogP contribution in [0.1, 0.15) is 37.7 Å². The van der Waals surface area contributed by atoms with Crippen molar-refractivity contribution in [2.45, 2.75) is 37.6 Å². The first-order valence-corrected chi connectivity index (χ1v) is 6.28. The fourth-order valence-electron chi connectivity index (χ4n) is 2.24. The molecule has 2 heteroatoms. The topological polar surface area (TPSA) is 35.2 Å². The van der Waals surface area contributed by atoms with Crippen molar-refractivity contribution >= 4 is 0 Å². The Morgan fingerprint density at radius 1 is 1.31 bits per heavy atom. The summed E-state index contributed by atoms with van der Waals surface area (Å²) in [6.45, 7) is 0.876. The lowest BCUT2D eigenvalue weighted by molar-refractivity contribution is 0.250. The van der Waals surface area contributed by atoms with Gasteiger partial charge in [0.1, 0.15) is 5.75 Å². The van der Waals surface area contributed by atoms with Crippen molar-refractivity contribution in [2.75, 3.05) is 6.61 Å². The molecule has 2 saturated carbocycles. The van der Waals surface area contributed by atoms with Gasteiger partial charge in [-0.15, -0.1) is 0 Å². The van der Waals surface area contributed by atoms with Gasteiger partial charge in [-0.25, -0.2) is 0 Å². The molecule has 0 atom stereocenters. The second-order valence-electron chi connectivity index (χ2n) is 5.29. The molecule has 0 aliphatic heterocycles. The van der Waals surface area contributed by atoms with E-state index in [9.17, 15) is 0 Å². The van der Waals surface area contributed by atoms with Crippen molar-refractivity contribution in [3.8, 4) is 5.75 Å². The maximum atomic E-state index is 6.31. The second-order valence-corrected chi connectivity index (χ2v) is 5.29. The van der Waals surface area contributed by atoms with Crippen LogP contribution < -0.4 is 10.5 Å². The molecular formula is C14H19NO. The molecule has 3 rings (SSSR count). The lowest BCUT2D eigenvalue weighted by atomic mass is 9.73. The van der Waals surface area contributed by atoms with E-state index in [0.29, 0.717) is 0 Å². The third kappa shape index (κ3) is 1.94. The van der Waals surface area contributed by atoms with Crippen LogP contribution in [-0.2, 0) is 5.54 Å². The zero-order valence-electron chi connectivity index (χ0n) is 9.61. The van der Waals surface area contributed by atoms with Gasteiger partial charge in [0.15, 0.2) is 0 Å². The fourth-order valence-corrected chi connectivity index (χ4v) is 2.24. The predicted octanol–water partition coefficient (Wildman–Crippen LogP) is 2.81. The maximum Gasteiger partial charge on any atom is 0.119 e. The highest BCUT2D eigenvalue weighted by atomic mass is 16.5. The van der Waals surface area contributed by atoms with E-state index >= 15 is 0 Å². The van der Waals surface area contributed by atoms with E-state index in [1.807, 2.05) is 6.07 Å². The molecule has 2 N–H and O–H groups in total. The van der Waals surface area contributed by atoms with Gasteiger partial charge in [0.25, 0.3) is 0 Å². The van der Waals surface area contributed by atoms with Crippen LogP contribution in [0.2, 0.25) is 0 Å². The van der Waals surface area contributed by atoms with E-state index in [1.165, 1.54) is 24.8 Å². The highest BCUT2D eigenvalue weighted by Gasteiger charge is 2.34. The van der Waals surface area contributed by atoms with Crippen molar-refractivity contribution in [1.82, 2.24) is 0 Å². The van der Waals surface area contributed by atoms with E-state index in [4.69, 9.17) is 10.5 Å². The average molecular weight is 217 g/mol. The minimum Gasteiger partial charge on any atom is -0.493 e. The highest BCUT2D eigenvalue weighted by molar-refractivity contribution is 5.34. The molecule has 0 aromatic heterocycles. The van der Waals surface area contributed by atoms with Crippen molar-refractivity contribution in [3.63, 3.8) is 0 Å². The van der Waals surface area contributed by atoms with Gasteiger partial charge in [-0.3, -0.25) is 0 Å². The zero-order valence-corrected chi connectivity index (χ0v) is 9.61. The molecule has 2 aliphatic rings. The van der Waals surface area contributed by atoms with Crippen LogP contribution in [-0.4, -0.2) is 6.61 Å². The van der Waals surface area contributed by atoms with Gasteiger partial charge < -0.3 is 10.5 Å². The molecule has 0 spiro atoms. The van der Waals surface area contributed by atoms with Gasteiger partial charge in [0.2, 0.25) is 0 Å². The maximum absolute atomic E-state index is 6.31. The van der Waals surface area contributed by atoms with E-state index < -0.39 is 0 Å². The first kappa shape index (κ1) is 10.2. The van der Waals surface area contributed by atoms with Gasteiger partial charge in [-0.1, -0.05) is 12.1 Å². The third-order valence-corrected chi connectivity index (χ3v) is 3.84. The van der Waals surface area contributed by atoms with Crippen molar-refractivity contribution in [1.29, 1.82) is 0 Å². The Labute approximate surface area is 96.8 Å². The van der Waals surface area contributed by atoms with Crippen LogP contribution in [0.4, 0.5) is 0 Å². The van der Waals surface area contributed by atoms with Crippen molar-refractivity contribution in [3.05, 3.63) is 29.8 Å². The predicted molar refractivity (Wildman–Crippen MR) is 64.4 cm³/mol. The summed E-state index contributed by atoms with van der Waals surface area (Å²) in [5.41, 5.74) is 7.48. The number of rotatable bonds is 4. The molecule has 0 heterocycles. The minimum atomic E-state index is -0.0705. The smallest absolute Gasteiger partial charge is 0.119 e. The Balaban J connectivity index is 1.71. The van der Waals surface area contributed by atoms with Gasteiger partial charge in [-0.2, -0.15) is 0 Å². The quantitative estimate of drug-likeness (QED) is 0.841. The molecule has 1 aromatic rings. The normalized spacial score (nSPS) is 22.6. The van der Waals surface area contributed by atoms with Crippen LogP contribution in [0.25, 0.3) is 0 Å². The fraction of sp³-hybridized carbons (Fsp3) is 0.571. The Morgan fingerprint density at radius 3 is 2.75 bits per heavy atom. The van der Waals surface area contributed by atoms with Crippen LogP contribution in [0, 0.1) is 5.92 Å². The number of hydrogen-bond donors (Lipinski definition) is 1. The molecule has 86 valence electrons. The first-order valence-electron chi connectivity index (χ1n) is 6.28. The van der Waals surface area contributed by atoms with Crippen molar-refractivity contribution in [2.24, 2.45) is 11.7 Å². The Hall–Kier alpha value is -1.02. The monoisotopic (exact) mass is 217 g/mol. The molecule has 0 unspecified atom stereocenters. The molecule has 2 aliphatic carbocycles. The lowest BCUT2D eigenvalue weighted by Crippen LogP contribution is -2.43. The van der Waals surface area contributed by atoms with E-state index in [-0.39, 0.29) is 5.54 Å². The Kier molecular flexibility index (Phi) is 2.40. The molecule has 0 saturated heterocycles. The number of hydrogen-bond acceptors (Lipinski definition) is 2. The van der Waals surface area contributed by atoms with Gasteiger partial charge in [-0.05, 0) is 55.7 Å². The van der Waals surface area contributed by atoms with Crippen molar-refractivity contribution < 1.29 is 4.74 Å². The summed E-state index contributed by atoms with van der Waals surface area (Å²) in [4.78, 5) is 0. The number of benzene rings is 1. The first-order chi connectivity index (χ1) is 7.76. The zero-order chi connectivity index (χ0) is 11.0. The standard InChI is InChI=1S/C14H19NO/c15-14(7-2-8-14)12-3-1-4-13(9-12)16-10-11-5-6-11/h1,3-4,9,11H,2,5-8,10,15H2. The van der Waals surface area contributed by atoms with Gasteiger partial charge in [0, 0.05) is 5.54 Å². The molecular weight excluding hydrogens is 198 g/mol. The summed E-state index contributed by atoms with van der Waals surface area (Å²) < 4.78 is 5.78. The average Bonchev–Trinajstić information content (AvgIpc) is 3.07. The summed E-state index contributed by atoms with van der Waals surface area (Å²) >= 11 is 0. The molecule has 0 radical (unpaired) electrons. The summed E-state index contributed by atoms with van der Waals surface area (Å²) in [6, 6.07) is 8.35. The molecule has 0 bridgehead atoms. The van der Waals surface area contributed by atoms with Crippen LogP contribution >= 0.6 is 0 Å². The van der Waals surface area contributed by atoms with Gasteiger partial charge >= 0.3 is 0 Å². The molecule has 0 amide bonds. The van der Waals surface area contributed by atoms with E-state index in [2.05, 4.69) is 18.2 Å².